The molecular weight excluding hydrogens is 424 g/mol. The quantitative estimate of drug-likeness (QED) is 0.551. The van der Waals surface area contributed by atoms with Crippen molar-refractivity contribution in [1.82, 2.24) is 15.3 Å². The van der Waals surface area contributed by atoms with Crippen LogP contribution in [0.25, 0.3) is 10.9 Å². The van der Waals surface area contributed by atoms with E-state index in [2.05, 4.69) is 15.3 Å². The standard InChI is InChI=1S/C24H24N4O5/c1-31-20-10-18-19(11-21(20)32-2)25-12-26-22(18)28-8-7-14-9-15(23(30)27-16-4-5-16)3-6-17(14)24(28)33-13-29/h3,6,9-13,16,24H,4-5,7-8H2,1-2H3,(H,27,30). The maximum Gasteiger partial charge on any atom is 0.295 e. The highest BCUT2D eigenvalue weighted by Gasteiger charge is 2.32. The highest BCUT2D eigenvalue weighted by atomic mass is 16.5. The summed E-state index contributed by atoms with van der Waals surface area (Å²) in [6, 6.07) is 9.41. The van der Waals surface area contributed by atoms with Gasteiger partial charge in [0.15, 0.2) is 11.5 Å². The number of aromatic nitrogens is 2. The number of nitrogens with one attached hydrogen (secondary N) is 1. The third-order valence-corrected chi connectivity index (χ3v) is 6.07. The first-order valence-electron chi connectivity index (χ1n) is 10.8. The lowest BCUT2D eigenvalue weighted by Gasteiger charge is -2.37. The number of methoxy groups -OCH3 is 2. The summed E-state index contributed by atoms with van der Waals surface area (Å²) in [4.78, 5) is 34.7. The number of carbonyl (C=O) groups excluding carboxylic acids is 2. The number of benzene rings is 2. The van der Waals surface area contributed by atoms with Crippen molar-refractivity contribution in [1.29, 1.82) is 0 Å². The molecular formula is C24H24N4O5. The predicted octanol–water partition coefficient (Wildman–Crippen LogP) is 2.77. The van der Waals surface area contributed by atoms with Crippen molar-refractivity contribution in [3.63, 3.8) is 0 Å². The summed E-state index contributed by atoms with van der Waals surface area (Å²) >= 11 is 0. The van der Waals surface area contributed by atoms with Gasteiger partial charge in [-0.05, 0) is 43.0 Å². The molecule has 170 valence electrons. The van der Waals surface area contributed by atoms with Gasteiger partial charge in [0.25, 0.3) is 12.4 Å². The molecule has 1 atom stereocenters. The van der Waals surface area contributed by atoms with Crippen LogP contribution in [0.5, 0.6) is 11.5 Å². The van der Waals surface area contributed by atoms with Crippen LogP contribution in [0.3, 0.4) is 0 Å². The molecule has 0 spiro atoms. The molecule has 2 heterocycles. The summed E-state index contributed by atoms with van der Waals surface area (Å²) < 4.78 is 16.4. The van der Waals surface area contributed by atoms with Gasteiger partial charge in [-0.1, -0.05) is 6.07 Å². The normalized spacial score (nSPS) is 17.3. The molecule has 1 aromatic heterocycles. The van der Waals surface area contributed by atoms with Gasteiger partial charge in [0.1, 0.15) is 12.1 Å². The van der Waals surface area contributed by atoms with Gasteiger partial charge in [0.2, 0.25) is 6.23 Å². The number of nitrogens with zero attached hydrogens (tertiary/aromatic N) is 3. The van der Waals surface area contributed by atoms with Gasteiger partial charge in [-0.3, -0.25) is 9.59 Å². The van der Waals surface area contributed by atoms with Crippen molar-refractivity contribution in [2.75, 3.05) is 25.7 Å². The van der Waals surface area contributed by atoms with E-state index in [-0.39, 0.29) is 11.9 Å². The van der Waals surface area contributed by atoms with E-state index in [0.29, 0.717) is 47.8 Å². The number of rotatable bonds is 7. The van der Waals surface area contributed by atoms with Gasteiger partial charge in [-0.2, -0.15) is 0 Å². The van der Waals surface area contributed by atoms with Gasteiger partial charge < -0.3 is 24.4 Å². The monoisotopic (exact) mass is 448 g/mol. The molecule has 33 heavy (non-hydrogen) atoms. The van der Waals surface area contributed by atoms with Crippen LogP contribution in [0.2, 0.25) is 0 Å². The Hall–Kier alpha value is -3.88. The Kier molecular flexibility index (Phi) is 5.45. The summed E-state index contributed by atoms with van der Waals surface area (Å²) in [7, 11) is 3.14. The molecule has 1 saturated carbocycles. The zero-order valence-corrected chi connectivity index (χ0v) is 18.4. The van der Waals surface area contributed by atoms with E-state index < -0.39 is 6.23 Å². The van der Waals surface area contributed by atoms with E-state index in [4.69, 9.17) is 14.2 Å². The van der Waals surface area contributed by atoms with Crippen LogP contribution in [0.1, 0.15) is 40.6 Å². The molecule has 0 radical (unpaired) electrons. The lowest BCUT2D eigenvalue weighted by molar-refractivity contribution is -0.134. The van der Waals surface area contributed by atoms with Crippen molar-refractivity contribution in [2.45, 2.75) is 31.5 Å². The van der Waals surface area contributed by atoms with E-state index in [1.807, 2.05) is 23.1 Å². The number of hydrogen-bond donors (Lipinski definition) is 1. The molecule has 1 fully saturated rings. The molecule has 1 unspecified atom stereocenters. The summed E-state index contributed by atoms with van der Waals surface area (Å²) in [5, 5.41) is 3.76. The molecule has 5 rings (SSSR count). The number of anilines is 1. The van der Waals surface area contributed by atoms with Crippen molar-refractivity contribution in [2.24, 2.45) is 0 Å². The smallest absolute Gasteiger partial charge is 0.295 e. The van der Waals surface area contributed by atoms with Crippen LogP contribution in [-0.2, 0) is 16.0 Å². The molecule has 9 heteroatoms. The Morgan fingerprint density at radius 3 is 2.64 bits per heavy atom. The molecule has 1 N–H and O–H groups in total. The van der Waals surface area contributed by atoms with E-state index in [1.165, 1.54) is 6.33 Å². The third kappa shape index (κ3) is 3.90. The molecule has 1 aliphatic carbocycles. The van der Waals surface area contributed by atoms with Gasteiger partial charge >= 0.3 is 0 Å². The lowest BCUT2D eigenvalue weighted by Crippen LogP contribution is -2.38. The SMILES string of the molecule is COc1cc2ncnc(N3CCc4cc(C(=O)NC5CC5)ccc4C3OC=O)c2cc1OC. The minimum atomic E-state index is -0.682. The fourth-order valence-electron chi connectivity index (χ4n) is 4.24. The largest absolute Gasteiger partial charge is 0.493 e. The highest BCUT2D eigenvalue weighted by molar-refractivity contribution is 5.95. The Morgan fingerprint density at radius 2 is 1.91 bits per heavy atom. The average Bonchev–Trinajstić information content (AvgIpc) is 3.66. The second-order valence-electron chi connectivity index (χ2n) is 8.11. The maximum absolute atomic E-state index is 12.5. The highest BCUT2D eigenvalue weighted by Crippen LogP contribution is 2.39. The van der Waals surface area contributed by atoms with Crippen LogP contribution < -0.4 is 19.7 Å². The van der Waals surface area contributed by atoms with Crippen LogP contribution in [0, 0.1) is 0 Å². The van der Waals surface area contributed by atoms with E-state index in [0.717, 1.165) is 29.4 Å². The topological polar surface area (TPSA) is 103 Å². The van der Waals surface area contributed by atoms with Crippen molar-refractivity contribution >= 4 is 29.1 Å². The van der Waals surface area contributed by atoms with E-state index in [9.17, 15) is 9.59 Å². The van der Waals surface area contributed by atoms with E-state index >= 15 is 0 Å². The molecule has 9 nitrogen and oxygen atoms in total. The van der Waals surface area contributed by atoms with Crippen LogP contribution >= 0.6 is 0 Å². The Morgan fingerprint density at radius 1 is 1.12 bits per heavy atom. The molecule has 3 aromatic rings. The number of carbonyl (C=O) groups is 2. The maximum atomic E-state index is 12.5. The van der Waals surface area contributed by atoms with Crippen molar-refractivity contribution in [3.8, 4) is 11.5 Å². The van der Waals surface area contributed by atoms with Gasteiger partial charge in [-0.25, -0.2) is 9.97 Å². The first-order valence-corrected chi connectivity index (χ1v) is 10.8. The number of ether oxygens (including phenoxy) is 3. The van der Waals surface area contributed by atoms with Gasteiger partial charge in [-0.15, -0.1) is 0 Å². The van der Waals surface area contributed by atoms with Crippen molar-refractivity contribution in [3.05, 3.63) is 53.3 Å². The Bertz CT molecular complexity index is 1230. The molecule has 1 amide bonds. The number of fused-ring (bicyclic) bond motifs is 2. The van der Waals surface area contributed by atoms with Crippen LogP contribution in [0.4, 0.5) is 5.82 Å². The first-order chi connectivity index (χ1) is 16.1. The zero-order chi connectivity index (χ0) is 22.9. The third-order valence-electron chi connectivity index (χ3n) is 6.07. The van der Waals surface area contributed by atoms with Crippen LogP contribution in [0.15, 0.2) is 36.7 Å². The second-order valence-corrected chi connectivity index (χ2v) is 8.11. The minimum absolute atomic E-state index is 0.0709. The lowest BCUT2D eigenvalue weighted by atomic mass is 9.95. The summed E-state index contributed by atoms with van der Waals surface area (Å²) in [6.07, 6.45) is 3.52. The average molecular weight is 448 g/mol. The summed E-state index contributed by atoms with van der Waals surface area (Å²) in [5.74, 6) is 1.67. The molecule has 2 aromatic carbocycles. The van der Waals surface area contributed by atoms with E-state index in [1.54, 1.807) is 26.4 Å². The minimum Gasteiger partial charge on any atom is -0.493 e. The summed E-state index contributed by atoms with van der Waals surface area (Å²) in [6.45, 7) is 0.979. The van der Waals surface area contributed by atoms with Gasteiger partial charge in [0.05, 0.1) is 19.7 Å². The first kappa shape index (κ1) is 21.0. The van der Waals surface area contributed by atoms with Gasteiger partial charge in [0, 0.05) is 35.2 Å². The molecule has 0 saturated heterocycles. The second kappa shape index (κ2) is 8.57. The zero-order valence-electron chi connectivity index (χ0n) is 18.4. The number of amides is 1. The Balaban J connectivity index is 1.54. The molecule has 0 bridgehead atoms. The molecule has 1 aliphatic heterocycles. The summed E-state index contributed by atoms with van der Waals surface area (Å²) in [5.41, 5.74) is 3.09. The fourth-order valence-corrected chi connectivity index (χ4v) is 4.24. The fraction of sp³-hybridized carbons (Fsp3) is 0.333. The van der Waals surface area contributed by atoms with Crippen molar-refractivity contribution < 1.29 is 23.8 Å². The predicted molar refractivity (Wildman–Crippen MR) is 121 cm³/mol. The Labute approximate surface area is 190 Å². The van der Waals surface area contributed by atoms with Crippen LogP contribution in [-0.4, -0.2) is 49.2 Å². The molecule has 2 aliphatic rings. The number of hydrogen-bond acceptors (Lipinski definition) is 8.